The molecule has 1 fully saturated rings. The predicted molar refractivity (Wildman–Crippen MR) is 76.7 cm³/mol. The van der Waals surface area contributed by atoms with E-state index in [9.17, 15) is 0 Å². The lowest BCUT2D eigenvalue weighted by molar-refractivity contribution is -0.665. The molecule has 0 unspecified atom stereocenters. The maximum absolute atomic E-state index is 5.83. The molecule has 0 amide bonds. The van der Waals surface area contributed by atoms with Crippen molar-refractivity contribution in [1.29, 1.82) is 0 Å². The second-order valence-electron chi connectivity index (χ2n) is 5.27. The van der Waals surface area contributed by atoms with Crippen LogP contribution in [0.25, 0.3) is 0 Å². The van der Waals surface area contributed by atoms with Gasteiger partial charge in [-0.05, 0) is 37.1 Å². The number of quaternary nitrogens is 1. The first-order chi connectivity index (χ1) is 9.24. The molecule has 1 aromatic carbocycles. The van der Waals surface area contributed by atoms with Crippen LogP contribution < -0.4 is 10.1 Å². The van der Waals surface area contributed by atoms with Crippen molar-refractivity contribution in [2.75, 3.05) is 26.3 Å². The van der Waals surface area contributed by atoms with Crippen molar-refractivity contribution in [3.05, 3.63) is 29.3 Å². The van der Waals surface area contributed by atoms with E-state index < -0.39 is 0 Å². The Kier molecular flexibility index (Phi) is 5.95. The molecule has 0 spiro atoms. The van der Waals surface area contributed by atoms with Crippen LogP contribution in [-0.4, -0.2) is 32.4 Å². The average Bonchev–Trinajstić information content (AvgIpc) is 2.91. The summed E-state index contributed by atoms with van der Waals surface area (Å²) >= 11 is 5.83. The van der Waals surface area contributed by atoms with Crippen molar-refractivity contribution < 1.29 is 14.8 Å². The molecule has 1 aliphatic rings. The molecular formula is C15H23ClNO2+. The molecule has 0 aromatic heterocycles. The van der Waals surface area contributed by atoms with Crippen LogP contribution in [-0.2, 0) is 4.74 Å². The van der Waals surface area contributed by atoms with Crippen LogP contribution >= 0.6 is 11.6 Å². The Morgan fingerprint density at radius 1 is 1.42 bits per heavy atom. The fourth-order valence-electron chi connectivity index (χ4n) is 2.23. The summed E-state index contributed by atoms with van der Waals surface area (Å²) < 4.78 is 11.3. The first-order valence-corrected chi connectivity index (χ1v) is 7.43. The highest BCUT2D eigenvalue weighted by atomic mass is 35.5. The number of benzene rings is 1. The van der Waals surface area contributed by atoms with Crippen LogP contribution in [0.2, 0.25) is 5.02 Å². The number of nitrogens with two attached hydrogens (primary N) is 1. The molecule has 2 atom stereocenters. The standard InChI is InChI=1S/C15H22ClNO2/c1-12(9-17-10-15-3-2-8-18-15)11-19-14-6-4-13(16)5-7-14/h4-7,12,15,17H,2-3,8-11H2,1H3/p+1/t12-,15+/m0/s1. The topological polar surface area (TPSA) is 35.1 Å². The third-order valence-corrected chi connectivity index (χ3v) is 3.62. The van der Waals surface area contributed by atoms with Crippen molar-refractivity contribution in [3.8, 4) is 5.75 Å². The largest absolute Gasteiger partial charge is 0.493 e. The van der Waals surface area contributed by atoms with E-state index in [0.717, 1.165) is 37.1 Å². The van der Waals surface area contributed by atoms with Crippen molar-refractivity contribution in [2.24, 2.45) is 5.92 Å². The maximum atomic E-state index is 5.83. The summed E-state index contributed by atoms with van der Waals surface area (Å²) in [6.07, 6.45) is 2.89. The minimum absolute atomic E-state index is 0.462. The molecule has 0 saturated carbocycles. The van der Waals surface area contributed by atoms with Crippen LogP contribution in [0.15, 0.2) is 24.3 Å². The van der Waals surface area contributed by atoms with E-state index in [-0.39, 0.29) is 0 Å². The Morgan fingerprint density at radius 3 is 2.89 bits per heavy atom. The molecule has 0 bridgehead atoms. The zero-order chi connectivity index (χ0) is 13.5. The van der Waals surface area contributed by atoms with Crippen LogP contribution in [0.1, 0.15) is 19.8 Å². The third kappa shape index (κ3) is 5.39. The SMILES string of the molecule is C[C@@H](C[NH2+]C[C@H]1CCCO1)COc1ccc(Cl)cc1. The van der Waals surface area contributed by atoms with Gasteiger partial charge in [-0.15, -0.1) is 0 Å². The van der Waals surface area contributed by atoms with Crippen molar-refractivity contribution in [1.82, 2.24) is 0 Å². The van der Waals surface area contributed by atoms with E-state index in [1.807, 2.05) is 24.3 Å². The van der Waals surface area contributed by atoms with E-state index >= 15 is 0 Å². The van der Waals surface area contributed by atoms with E-state index in [2.05, 4.69) is 12.2 Å². The Balaban J connectivity index is 1.58. The highest BCUT2D eigenvalue weighted by Gasteiger charge is 2.17. The van der Waals surface area contributed by atoms with Gasteiger partial charge < -0.3 is 14.8 Å². The van der Waals surface area contributed by atoms with E-state index in [4.69, 9.17) is 21.1 Å². The summed E-state index contributed by atoms with van der Waals surface area (Å²) in [6.45, 7) is 6.04. The van der Waals surface area contributed by atoms with Crippen LogP contribution in [0.3, 0.4) is 0 Å². The van der Waals surface area contributed by atoms with Gasteiger partial charge in [0, 0.05) is 17.5 Å². The lowest BCUT2D eigenvalue weighted by Gasteiger charge is -2.13. The highest BCUT2D eigenvalue weighted by molar-refractivity contribution is 6.30. The summed E-state index contributed by atoms with van der Waals surface area (Å²) in [5.41, 5.74) is 0. The van der Waals surface area contributed by atoms with Crippen LogP contribution in [0.4, 0.5) is 0 Å². The molecule has 106 valence electrons. The molecule has 2 N–H and O–H groups in total. The maximum Gasteiger partial charge on any atom is 0.119 e. The van der Waals surface area contributed by atoms with Gasteiger partial charge in [-0.1, -0.05) is 18.5 Å². The number of hydrogen-bond acceptors (Lipinski definition) is 2. The number of ether oxygens (including phenoxy) is 2. The minimum atomic E-state index is 0.462. The number of rotatable bonds is 7. The predicted octanol–water partition coefficient (Wildman–Crippen LogP) is 2.10. The van der Waals surface area contributed by atoms with Gasteiger partial charge >= 0.3 is 0 Å². The lowest BCUT2D eigenvalue weighted by Crippen LogP contribution is -2.87. The normalized spacial score (nSPS) is 20.4. The summed E-state index contributed by atoms with van der Waals surface area (Å²) in [5.74, 6) is 1.41. The molecule has 1 heterocycles. The number of halogens is 1. The first-order valence-electron chi connectivity index (χ1n) is 7.05. The fraction of sp³-hybridized carbons (Fsp3) is 0.600. The summed E-state index contributed by atoms with van der Waals surface area (Å²) in [6, 6.07) is 7.52. The number of hydrogen-bond donors (Lipinski definition) is 1. The second-order valence-corrected chi connectivity index (χ2v) is 5.70. The van der Waals surface area contributed by atoms with Crippen molar-refractivity contribution in [2.45, 2.75) is 25.9 Å². The van der Waals surface area contributed by atoms with Gasteiger partial charge in [-0.3, -0.25) is 0 Å². The zero-order valence-electron chi connectivity index (χ0n) is 11.5. The van der Waals surface area contributed by atoms with Crippen LogP contribution in [0.5, 0.6) is 5.75 Å². The quantitative estimate of drug-likeness (QED) is 0.832. The van der Waals surface area contributed by atoms with Gasteiger partial charge in [-0.2, -0.15) is 0 Å². The highest BCUT2D eigenvalue weighted by Crippen LogP contribution is 2.16. The van der Waals surface area contributed by atoms with Gasteiger partial charge in [0.1, 0.15) is 18.4 Å². The zero-order valence-corrected chi connectivity index (χ0v) is 12.2. The van der Waals surface area contributed by atoms with Gasteiger partial charge in [0.25, 0.3) is 0 Å². The molecule has 0 aliphatic carbocycles. The molecule has 3 nitrogen and oxygen atoms in total. The molecule has 1 saturated heterocycles. The molecule has 4 heteroatoms. The molecule has 1 aliphatic heterocycles. The van der Waals surface area contributed by atoms with E-state index in [1.54, 1.807) is 0 Å². The van der Waals surface area contributed by atoms with E-state index in [1.165, 1.54) is 12.8 Å². The van der Waals surface area contributed by atoms with Gasteiger partial charge in [-0.25, -0.2) is 0 Å². The molecule has 0 radical (unpaired) electrons. The van der Waals surface area contributed by atoms with Crippen molar-refractivity contribution in [3.63, 3.8) is 0 Å². The molecule has 19 heavy (non-hydrogen) atoms. The average molecular weight is 285 g/mol. The Hall–Kier alpha value is -0.770. The third-order valence-electron chi connectivity index (χ3n) is 3.37. The Morgan fingerprint density at radius 2 is 2.21 bits per heavy atom. The van der Waals surface area contributed by atoms with Gasteiger partial charge in [0.2, 0.25) is 0 Å². The first kappa shape index (κ1) is 14.6. The summed E-state index contributed by atoms with van der Waals surface area (Å²) in [5, 5.41) is 3.08. The second kappa shape index (κ2) is 7.73. The smallest absolute Gasteiger partial charge is 0.119 e. The summed E-state index contributed by atoms with van der Waals surface area (Å²) in [7, 11) is 0. The molecule has 2 rings (SSSR count). The van der Waals surface area contributed by atoms with Crippen molar-refractivity contribution >= 4 is 11.6 Å². The minimum Gasteiger partial charge on any atom is -0.493 e. The lowest BCUT2D eigenvalue weighted by atomic mass is 10.2. The van der Waals surface area contributed by atoms with E-state index in [0.29, 0.717) is 12.0 Å². The van der Waals surface area contributed by atoms with Crippen LogP contribution in [0, 0.1) is 5.92 Å². The van der Waals surface area contributed by atoms with Gasteiger partial charge in [0.05, 0.1) is 13.2 Å². The molecule has 1 aromatic rings. The fourth-order valence-corrected chi connectivity index (χ4v) is 2.36. The monoisotopic (exact) mass is 284 g/mol. The Labute approximate surface area is 120 Å². The summed E-state index contributed by atoms with van der Waals surface area (Å²) in [4.78, 5) is 0. The Bertz CT molecular complexity index is 363. The van der Waals surface area contributed by atoms with Gasteiger partial charge in [0.15, 0.2) is 0 Å². The molecular weight excluding hydrogens is 262 g/mol.